The molecule has 0 spiro atoms. The first kappa shape index (κ1) is 13.8. The Morgan fingerprint density at radius 2 is 1.57 bits per heavy atom. The smallest absolute Gasteiger partial charge is 0.245 e. The van der Waals surface area contributed by atoms with E-state index in [1.54, 1.807) is 12.3 Å². The molecule has 0 aliphatic carbocycles. The highest BCUT2D eigenvalue weighted by atomic mass is 32.1. The highest BCUT2D eigenvalue weighted by Crippen LogP contribution is 2.32. The molecule has 0 N–H and O–H groups in total. The van der Waals surface area contributed by atoms with E-state index in [1.807, 2.05) is 29.6 Å². The molecule has 0 atom stereocenters. The average molecular weight is 305 g/mol. The van der Waals surface area contributed by atoms with E-state index in [0.717, 1.165) is 22.2 Å². The van der Waals surface area contributed by atoms with Crippen molar-refractivity contribution in [2.75, 3.05) is 0 Å². The van der Waals surface area contributed by atoms with Crippen LogP contribution in [0, 0.1) is 0 Å². The van der Waals surface area contributed by atoms with Crippen LogP contribution >= 0.6 is 11.3 Å². The molecule has 1 heterocycles. The number of hydrogen-bond acceptors (Lipinski definition) is 2. The molecule has 0 unspecified atom stereocenters. The van der Waals surface area contributed by atoms with Gasteiger partial charge in [0.25, 0.3) is 0 Å². The van der Waals surface area contributed by atoms with Crippen molar-refractivity contribution in [2.45, 2.75) is 6.18 Å². The minimum Gasteiger partial charge on any atom is -0.245 e. The molecule has 3 rings (SSSR count). The molecule has 0 bridgehead atoms. The maximum absolute atomic E-state index is 12.7. The summed E-state index contributed by atoms with van der Waals surface area (Å²) in [5, 5.41) is 2.78. The first-order valence-electron chi connectivity index (χ1n) is 6.21. The van der Waals surface area contributed by atoms with Gasteiger partial charge in [-0.25, -0.2) is 4.98 Å². The van der Waals surface area contributed by atoms with E-state index in [0.29, 0.717) is 5.56 Å². The van der Waals surface area contributed by atoms with Gasteiger partial charge in [0.1, 0.15) is 5.01 Å². The second-order valence-corrected chi connectivity index (χ2v) is 5.39. The Hall–Kier alpha value is -2.14. The van der Waals surface area contributed by atoms with Crippen LogP contribution in [0.3, 0.4) is 0 Å². The van der Waals surface area contributed by atoms with E-state index < -0.39 is 11.7 Å². The highest BCUT2D eigenvalue weighted by Gasteiger charge is 2.30. The predicted molar refractivity (Wildman–Crippen MR) is 78.0 cm³/mol. The Labute approximate surface area is 123 Å². The third-order valence-electron chi connectivity index (χ3n) is 3.09. The second kappa shape index (κ2) is 5.33. The lowest BCUT2D eigenvalue weighted by molar-refractivity contribution is -0.137. The Kier molecular flexibility index (Phi) is 3.51. The van der Waals surface area contributed by atoms with E-state index in [1.165, 1.54) is 23.5 Å². The number of alkyl halides is 3. The topological polar surface area (TPSA) is 12.9 Å². The Morgan fingerprint density at radius 1 is 0.857 bits per heavy atom. The molecule has 0 amide bonds. The van der Waals surface area contributed by atoms with Gasteiger partial charge in [0.2, 0.25) is 0 Å². The number of hydrogen-bond donors (Lipinski definition) is 0. The van der Waals surface area contributed by atoms with Crippen LogP contribution in [0.4, 0.5) is 13.2 Å². The number of nitrogens with zero attached hydrogens (tertiary/aromatic N) is 1. The normalized spacial score (nSPS) is 11.6. The highest BCUT2D eigenvalue weighted by molar-refractivity contribution is 7.13. The fourth-order valence-electron chi connectivity index (χ4n) is 2.05. The summed E-state index contributed by atoms with van der Waals surface area (Å²) in [6.07, 6.45) is -2.60. The fourth-order valence-corrected chi connectivity index (χ4v) is 2.69. The van der Waals surface area contributed by atoms with E-state index in [-0.39, 0.29) is 0 Å². The number of halogens is 3. The van der Waals surface area contributed by atoms with Crippen molar-refractivity contribution in [1.29, 1.82) is 0 Å². The molecule has 1 nitrogen and oxygen atoms in total. The summed E-state index contributed by atoms with van der Waals surface area (Å²) in [5.74, 6) is 0. The molecular formula is C16H10F3NS. The molecule has 1 aromatic heterocycles. The van der Waals surface area contributed by atoms with E-state index in [4.69, 9.17) is 0 Å². The lowest BCUT2D eigenvalue weighted by atomic mass is 10.0. The van der Waals surface area contributed by atoms with Crippen molar-refractivity contribution < 1.29 is 13.2 Å². The zero-order chi connectivity index (χ0) is 14.9. The lowest BCUT2D eigenvalue weighted by Crippen LogP contribution is -2.04. The van der Waals surface area contributed by atoms with Gasteiger partial charge in [-0.05, 0) is 23.3 Å². The molecule has 5 heteroatoms. The van der Waals surface area contributed by atoms with Crippen LogP contribution in [0.5, 0.6) is 0 Å². The Morgan fingerprint density at radius 3 is 2.19 bits per heavy atom. The van der Waals surface area contributed by atoms with Gasteiger partial charge in [-0.15, -0.1) is 11.3 Å². The third-order valence-corrected chi connectivity index (χ3v) is 3.91. The fraction of sp³-hybridized carbons (Fsp3) is 0.0625. The largest absolute Gasteiger partial charge is 0.416 e. The maximum atomic E-state index is 12.7. The van der Waals surface area contributed by atoms with Crippen molar-refractivity contribution in [1.82, 2.24) is 4.98 Å². The SMILES string of the molecule is FC(F)(F)c1cccc(-c2ccc(-c3nccs3)cc2)c1. The van der Waals surface area contributed by atoms with E-state index in [9.17, 15) is 13.2 Å². The molecule has 0 aliphatic rings. The van der Waals surface area contributed by atoms with E-state index >= 15 is 0 Å². The van der Waals surface area contributed by atoms with Gasteiger partial charge in [0, 0.05) is 17.1 Å². The van der Waals surface area contributed by atoms with Gasteiger partial charge in [-0.2, -0.15) is 13.2 Å². The first-order chi connectivity index (χ1) is 10.0. The molecular weight excluding hydrogens is 295 g/mol. The molecule has 106 valence electrons. The summed E-state index contributed by atoms with van der Waals surface area (Å²) >= 11 is 1.52. The van der Waals surface area contributed by atoms with Crippen LogP contribution in [-0.2, 0) is 6.18 Å². The van der Waals surface area contributed by atoms with Gasteiger partial charge < -0.3 is 0 Å². The van der Waals surface area contributed by atoms with Crippen molar-refractivity contribution >= 4 is 11.3 Å². The van der Waals surface area contributed by atoms with Gasteiger partial charge in [-0.1, -0.05) is 36.4 Å². The molecule has 21 heavy (non-hydrogen) atoms. The van der Waals surface area contributed by atoms with Crippen LogP contribution in [-0.4, -0.2) is 4.98 Å². The molecule has 0 fully saturated rings. The third kappa shape index (κ3) is 2.97. The number of rotatable bonds is 2. The lowest BCUT2D eigenvalue weighted by Gasteiger charge is -2.09. The molecule has 0 radical (unpaired) electrons. The number of benzene rings is 2. The standard InChI is InChI=1S/C16H10F3NS/c17-16(18,19)14-3-1-2-13(10-14)11-4-6-12(7-5-11)15-20-8-9-21-15/h1-10H. The zero-order valence-corrected chi connectivity index (χ0v) is 11.6. The van der Waals surface area contributed by atoms with Crippen LogP contribution < -0.4 is 0 Å². The van der Waals surface area contributed by atoms with Gasteiger partial charge in [0.15, 0.2) is 0 Å². The van der Waals surface area contributed by atoms with Crippen LogP contribution in [0.2, 0.25) is 0 Å². The predicted octanol–water partition coefficient (Wildman–Crippen LogP) is 5.50. The minimum absolute atomic E-state index is 0.551. The summed E-state index contributed by atoms with van der Waals surface area (Å²) in [6, 6.07) is 12.7. The summed E-state index contributed by atoms with van der Waals surface area (Å²) in [6.45, 7) is 0. The molecule has 2 aromatic carbocycles. The summed E-state index contributed by atoms with van der Waals surface area (Å²) in [5.41, 5.74) is 1.63. The van der Waals surface area contributed by atoms with Gasteiger partial charge >= 0.3 is 6.18 Å². The maximum Gasteiger partial charge on any atom is 0.416 e. The number of aromatic nitrogens is 1. The monoisotopic (exact) mass is 305 g/mol. The van der Waals surface area contributed by atoms with Crippen LogP contribution in [0.15, 0.2) is 60.1 Å². The van der Waals surface area contributed by atoms with Crippen molar-refractivity contribution in [2.24, 2.45) is 0 Å². The van der Waals surface area contributed by atoms with Crippen LogP contribution in [0.1, 0.15) is 5.56 Å². The summed E-state index contributed by atoms with van der Waals surface area (Å²) in [4.78, 5) is 4.21. The molecule has 0 aliphatic heterocycles. The summed E-state index contributed by atoms with van der Waals surface area (Å²) in [7, 11) is 0. The minimum atomic E-state index is -4.32. The van der Waals surface area contributed by atoms with Crippen molar-refractivity contribution in [3.05, 3.63) is 65.7 Å². The van der Waals surface area contributed by atoms with Crippen molar-refractivity contribution in [3.8, 4) is 21.7 Å². The first-order valence-corrected chi connectivity index (χ1v) is 7.09. The second-order valence-electron chi connectivity index (χ2n) is 4.49. The zero-order valence-electron chi connectivity index (χ0n) is 10.8. The summed E-state index contributed by atoms with van der Waals surface area (Å²) < 4.78 is 38.2. The van der Waals surface area contributed by atoms with Crippen LogP contribution in [0.25, 0.3) is 21.7 Å². The molecule has 0 saturated heterocycles. The molecule has 3 aromatic rings. The van der Waals surface area contributed by atoms with E-state index in [2.05, 4.69) is 4.98 Å². The van der Waals surface area contributed by atoms with Gasteiger partial charge in [-0.3, -0.25) is 0 Å². The average Bonchev–Trinajstić information content (AvgIpc) is 3.01. The quantitative estimate of drug-likeness (QED) is 0.609. The molecule has 0 saturated carbocycles. The Balaban J connectivity index is 1.94. The van der Waals surface area contributed by atoms with Gasteiger partial charge in [0.05, 0.1) is 5.56 Å². The Bertz CT molecular complexity index is 731. The van der Waals surface area contributed by atoms with Crippen molar-refractivity contribution in [3.63, 3.8) is 0 Å². The number of thiazole rings is 1.